The molecule has 1 aromatic rings. The summed E-state index contributed by atoms with van der Waals surface area (Å²) in [6, 6.07) is 8.34. The first-order valence-corrected chi connectivity index (χ1v) is 12.4. The number of carbonyl (C=O) groups is 2. The summed E-state index contributed by atoms with van der Waals surface area (Å²) in [5.41, 5.74) is 2.59. The number of amides is 2. The predicted molar refractivity (Wildman–Crippen MR) is 128 cm³/mol. The van der Waals surface area contributed by atoms with Gasteiger partial charge in [-0.1, -0.05) is 24.3 Å². The zero-order chi connectivity index (χ0) is 23.2. The molecule has 3 heterocycles. The highest BCUT2D eigenvalue weighted by Gasteiger charge is 2.42. The van der Waals surface area contributed by atoms with Gasteiger partial charge in [-0.05, 0) is 24.5 Å². The summed E-state index contributed by atoms with van der Waals surface area (Å²) in [5.74, 6) is 0.105. The Morgan fingerprint density at radius 3 is 2.55 bits per heavy atom. The minimum Gasteiger partial charge on any atom is -0.379 e. The van der Waals surface area contributed by atoms with Gasteiger partial charge in [0.25, 0.3) is 0 Å². The quantitative estimate of drug-likeness (QED) is 0.645. The summed E-state index contributed by atoms with van der Waals surface area (Å²) in [6.45, 7) is 13.7. The van der Waals surface area contributed by atoms with Crippen molar-refractivity contribution in [3.63, 3.8) is 0 Å². The molecule has 1 N–H and O–H groups in total. The molecule has 2 atom stereocenters. The summed E-state index contributed by atoms with van der Waals surface area (Å²) in [6.07, 6.45) is 0.706. The molecule has 2 amide bonds. The van der Waals surface area contributed by atoms with E-state index in [2.05, 4.69) is 46.3 Å². The fraction of sp³-hybridized carbons (Fsp3) is 0.680. The molecular formula is C25H39N5O3. The maximum Gasteiger partial charge on any atom is 0.245 e. The SMILES string of the molecule is CC(=O)N1CC(N(CCN2CCOCC2)Cc2ccccc2C)CC1C(=O)N1CCNCC1. The molecule has 0 aliphatic carbocycles. The molecule has 182 valence electrons. The number of rotatable bonds is 7. The van der Waals surface area contributed by atoms with Gasteiger partial charge < -0.3 is 19.9 Å². The highest BCUT2D eigenvalue weighted by atomic mass is 16.5. The van der Waals surface area contributed by atoms with Gasteiger partial charge in [0, 0.05) is 78.4 Å². The number of hydrogen-bond acceptors (Lipinski definition) is 6. The van der Waals surface area contributed by atoms with Crippen molar-refractivity contribution >= 4 is 11.8 Å². The third-order valence-corrected chi connectivity index (χ3v) is 7.36. The van der Waals surface area contributed by atoms with Gasteiger partial charge >= 0.3 is 0 Å². The van der Waals surface area contributed by atoms with Crippen LogP contribution >= 0.6 is 0 Å². The van der Waals surface area contributed by atoms with Crippen molar-refractivity contribution in [3.05, 3.63) is 35.4 Å². The lowest BCUT2D eigenvalue weighted by molar-refractivity contribution is -0.143. The number of hydrogen-bond donors (Lipinski definition) is 1. The van der Waals surface area contributed by atoms with Gasteiger partial charge in [0.2, 0.25) is 11.8 Å². The number of piperazine rings is 1. The summed E-state index contributed by atoms with van der Waals surface area (Å²) in [5, 5.41) is 3.31. The van der Waals surface area contributed by atoms with Crippen LogP contribution in [-0.2, 0) is 20.9 Å². The van der Waals surface area contributed by atoms with E-state index in [1.54, 1.807) is 6.92 Å². The van der Waals surface area contributed by atoms with Gasteiger partial charge in [-0.3, -0.25) is 19.4 Å². The predicted octanol–water partition coefficient (Wildman–Crippen LogP) is 0.550. The number of morpholine rings is 1. The normalized spacial score (nSPS) is 24.5. The molecule has 2 unspecified atom stereocenters. The smallest absolute Gasteiger partial charge is 0.245 e. The minimum atomic E-state index is -0.353. The van der Waals surface area contributed by atoms with Gasteiger partial charge in [0.05, 0.1) is 13.2 Å². The number of likely N-dealkylation sites (tertiary alicyclic amines) is 1. The Hall–Kier alpha value is -2.00. The maximum absolute atomic E-state index is 13.4. The topological polar surface area (TPSA) is 68.4 Å². The standard InChI is InChI=1S/C25H39N5O3/c1-20-5-3-4-6-22(20)18-29(12-11-27-13-15-33-16-14-27)23-17-24(30(19-23)21(2)31)25(32)28-9-7-26-8-10-28/h3-6,23-24,26H,7-19H2,1-2H3. The second-order valence-corrected chi connectivity index (χ2v) is 9.50. The molecule has 33 heavy (non-hydrogen) atoms. The largest absolute Gasteiger partial charge is 0.379 e. The Morgan fingerprint density at radius 2 is 1.85 bits per heavy atom. The number of nitrogens with zero attached hydrogens (tertiary/aromatic N) is 4. The third-order valence-electron chi connectivity index (χ3n) is 7.36. The monoisotopic (exact) mass is 457 g/mol. The lowest BCUT2D eigenvalue weighted by atomic mass is 10.1. The van der Waals surface area contributed by atoms with Crippen LogP contribution in [0.25, 0.3) is 0 Å². The molecule has 8 heteroatoms. The van der Waals surface area contributed by atoms with E-state index in [-0.39, 0.29) is 23.9 Å². The molecule has 3 aliphatic rings. The molecule has 3 aliphatic heterocycles. The molecule has 0 spiro atoms. The van der Waals surface area contributed by atoms with Crippen molar-refractivity contribution in [1.29, 1.82) is 0 Å². The van der Waals surface area contributed by atoms with Crippen LogP contribution in [0.3, 0.4) is 0 Å². The molecule has 8 nitrogen and oxygen atoms in total. The van der Waals surface area contributed by atoms with Crippen LogP contribution in [0.4, 0.5) is 0 Å². The zero-order valence-corrected chi connectivity index (χ0v) is 20.2. The Morgan fingerprint density at radius 1 is 1.12 bits per heavy atom. The maximum atomic E-state index is 13.4. The minimum absolute atomic E-state index is 0.00462. The van der Waals surface area contributed by atoms with Crippen molar-refractivity contribution in [2.45, 2.75) is 38.9 Å². The highest BCUT2D eigenvalue weighted by molar-refractivity contribution is 5.87. The average molecular weight is 458 g/mol. The van der Waals surface area contributed by atoms with Crippen molar-refractivity contribution in [3.8, 4) is 0 Å². The fourth-order valence-corrected chi connectivity index (χ4v) is 5.25. The lowest BCUT2D eigenvalue weighted by Crippen LogP contribution is -2.53. The van der Waals surface area contributed by atoms with Crippen LogP contribution in [0.1, 0.15) is 24.5 Å². The van der Waals surface area contributed by atoms with Crippen molar-refractivity contribution < 1.29 is 14.3 Å². The van der Waals surface area contributed by atoms with E-state index in [9.17, 15) is 9.59 Å². The van der Waals surface area contributed by atoms with E-state index >= 15 is 0 Å². The summed E-state index contributed by atoms with van der Waals surface area (Å²) in [4.78, 5) is 34.6. The van der Waals surface area contributed by atoms with Crippen LogP contribution < -0.4 is 5.32 Å². The molecule has 0 bridgehead atoms. The first-order valence-electron chi connectivity index (χ1n) is 12.4. The van der Waals surface area contributed by atoms with Crippen LogP contribution in [0, 0.1) is 6.92 Å². The molecule has 3 fully saturated rings. The molecule has 0 radical (unpaired) electrons. The van der Waals surface area contributed by atoms with Gasteiger partial charge in [0.1, 0.15) is 6.04 Å². The highest BCUT2D eigenvalue weighted by Crippen LogP contribution is 2.26. The second-order valence-electron chi connectivity index (χ2n) is 9.50. The first-order chi connectivity index (χ1) is 16.0. The molecule has 1 aromatic carbocycles. The summed E-state index contributed by atoms with van der Waals surface area (Å²) < 4.78 is 5.51. The van der Waals surface area contributed by atoms with Crippen molar-refractivity contribution in [2.24, 2.45) is 0 Å². The van der Waals surface area contributed by atoms with Crippen LogP contribution in [0.2, 0.25) is 0 Å². The van der Waals surface area contributed by atoms with E-state index in [1.807, 2.05) is 9.80 Å². The number of benzene rings is 1. The molecular weight excluding hydrogens is 418 g/mol. The lowest BCUT2D eigenvalue weighted by Gasteiger charge is -2.33. The Bertz CT molecular complexity index is 807. The first kappa shape index (κ1) is 24.1. The van der Waals surface area contributed by atoms with Crippen LogP contribution in [0.15, 0.2) is 24.3 Å². The third kappa shape index (κ3) is 6.12. The zero-order valence-electron chi connectivity index (χ0n) is 20.2. The molecule has 0 aromatic heterocycles. The fourth-order valence-electron chi connectivity index (χ4n) is 5.25. The molecule has 4 rings (SSSR count). The van der Waals surface area contributed by atoms with Gasteiger partial charge in [0.15, 0.2) is 0 Å². The van der Waals surface area contributed by atoms with Crippen molar-refractivity contribution in [2.75, 3.05) is 72.1 Å². The summed E-state index contributed by atoms with van der Waals surface area (Å²) >= 11 is 0. The van der Waals surface area contributed by atoms with E-state index < -0.39 is 0 Å². The summed E-state index contributed by atoms with van der Waals surface area (Å²) in [7, 11) is 0. The number of aryl methyl sites for hydroxylation is 1. The Balaban J connectivity index is 1.49. The van der Waals surface area contributed by atoms with E-state index in [1.165, 1.54) is 11.1 Å². The molecule has 3 saturated heterocycles. The van der Waals surface area contributed by atoms with E-state index in [0.717, 1.165) is 72.1 Å². The van der Waals surface area contributed by atoms with E-state index in [4.69, 9.17) is 4.74 Å². The van der Waals surface area contributed by atoms with Crippen LogP contribution in [-0.4, -0.2) is 116 Å². The number of nitrogens with one attached hydrogen (secondary N) is 1. The van der Waals surface area contributed by atoms with Gasteiger partial charge in [-0.25, -0.2) is 0 Å². The van der Waals surface area contributed by atoms with E-state index in [0.29, 0.717) is 13.0 Å². The number of carbonyl (C=O) groups excluding carboxylic acids is 2. The second kappa shape index (κ2) is 11.4. The number of ether oxygens (including phenoxy) is 1. The Kier molecular flexibility index (Phi) is 8.35. The molecule has 0 saturated carbocycles. The average Bonchev–Trinajstić information content (AvgIpc) is 3.29. The Labute approximate surface area is 197 Å². The van der Waals surface area contributed by atoms with Crippen molar-refractivity contribution in [1.82, 2.24) is 24.9 Å². The van der Waals surface area contributed by atoms with Gasteiger partial charge in [-0.15, -0.1) is 0 Å². The van der Waals surface area contributed by atoms with Gasteiger partial charge in [-0.2, -0.15) is 0 Å². The van der Waals surface area contributed by atoms with Crippen LogP contribution in [0.5, 0.6) is 0 Å².